The van der Waals surface area contributed by atoms with Crippen LogP contribution in [0.25, 0.3) is 5.65 Å². The smallest absolute Gasteiger partial charge is 0.207 e. The van der Waals surface area contributed by atoms with Crippen LogP contribution in [0.3, 0.4) is 0 Å². The zero-order chi connectivity index (χ0) is 31.8. The van der Waals surface area contributed by atoms with E-state index >= 15 is 0 Å². The Morgan fingerprint density at radius 2 is 1.98 bits per heavy atom. The summed E-state index contributed by atoms with van der Waals surface area (Å²) in [7, 11) is 3.69. The van der Waals surface area contributed by atoms with Crippen molar-refractivity contribution in [3.63, 3.8) is 0 Å². The van der Waals surface area contributed by atoms with Gasteiger partial charge in [0.2, 0.25) is 5.92 Å². The van der Waals surface area contributed by atoms with Crippen LogP contribution in [0, 0.1) is 11.8 Å². The Labute approximate surface area is 258 Å². The van der Waals surface area contributed by atoms with Gasteiger partial charge >= 0.3 is 185 Å². The minimum atomic E-state index is -6.40. The molecular weight excluding hydrogens is 702 g/mol. The molecule has 1 unspecified atom stereocenters. The number of carbonyl (C=O) groups excluding carboxylic acids is 2. The second kappa shape index (κ2) is 12.8. The maximum absolute atomic E-state index is 14.1. The summed E-state index contributed by atoms with van der Waals surface area (Å²) >= 11 is -6.40. The van der Waals surface area contributed by atoms with Gasteiger partial charge < -0.3 is 0 Å². The minimum absolute atomic E-state index is 0.0327. The average Bonchev–Trinajstić information content (AvgIpc) is 3.59. The van der Waals surface area contributed by atoms with Crippen LogP contribution in [0.1, 0.15) is 72.5 Å². The monoisotopic (exact) mass is 739 g/mol. The van der Waals surface area contributed by atoms with E-state index < -0.39 is 53.8 Å². The Kier molecular flexibility index (Phi) is 9.49. The minimum Gasteiger partial charge on any atom is -0.207 e. The molecule has 1 saturated carbocycles. The van der Waals surface area contributed by atoms with E-state index in [9.17, 15) is 26.9 Å². The van der Waals surface area contributed by atoms with Crippen molar-refractivity contribution in [3.05, 3.63) is 47.2 Å². The van der Waals surface area contributed by atoms with Crippen LogP contribution in [-0.2, 0) is 24.3 Å². The average molecular weight is 740 g/mol. The summed E-state index contributed by atoms with van der Waals surface area (Å²) < 4.78 is 70.7. The van der Waals surface area contributed by atoms with Gasteiger partial charge in [-0.05, 0) is 13.0 Å². The van der Waals surface area contributed by atoms with Crippen molar-refractivity contribution in [1.29, 1.82) is 0 Å². The van der Waals surface area contributed by atoms with Crippen LogP contribution in [-0.4, -0.2) is 71.6 Å². The van der Waals surface area contributed by atoms with E-state index in [1.54, 1.807) is 23.0 Å². The standard InChI is InChI=1S/C28H37F5IN8O2/c1-4-41-23(7-10-36-41)27(44)38-25(17-5-8-28(29,30)9-6-17)22-16-42-24(37-22)13-19(15-40(2)3)21(39-42)12-18-11-20(34(31,32)33)14-35-26(18)43/h7,10,13,16-18,20,25H,4-6,8-9,11-12,14-15H2,1-3H3,(H,35,43)(H,38,44)/q-1/t18-,20?,25+/m1/s1. The number of hydrogen-bond donors (Lipinski definition) is 2. The first-order valence-electron chi connectivity index (χ1n) is 14.6. The molecule has 0 radical (unpaired) electrons. The number of nitrogens with one attached hydrogen (secondary N) is 2. The van der Waals surface area contributed by atoms with Gasteiger partial charge in [0, 0.05) is 25.6 Å². The Hall–Kier alpha value is -2.89. The molecule has 0 spiro atoms. The zero-order valence-electron chi connectivity index (χ0n) is 24.8. The summed E-state index contributed by atoms with van der Waals surface area (Å²) in [6, 6.07) is 2.68. The number of alkyl halides is 3. The van der Waals surface area contributed by atoms with E-state index in [2.05, 4.69) is 15.7 Å². The van der Waals surface area contributed by atoms with Gasteiger partial charge in [0.25, 0.3) is 0 Å². The fourth-order valence-electron chi connectivity index (χ4n) is 6.09. The Morgan fingerprint density at radius 1 is 1.25 bits per heavy atom. The first kappa shape index (κ1) is 32.5. The predicted molar refractivity (Wildman–Crippen MR) is 147 cm³/mol. The van der Waals surface area contributed by atoms with E-state index in [1.165, 1.54) is 10.7 Å². The van der Waals surface area contributed by atoms with Gasteiger partial charge in [-0.25, -0.2) is 8.78 Å². The van der Waals surface area contributed by atoms with E-state index in [0.717, 1.165) is 0 Å². The summed E-state index contributed by atoms with van der Waals surface area (Å²) in [5.74, 6) is -4.76. The topological polar surface area (TPSA) is 109 Å². The Bertz CT molecular complexity index is 1500. The summed E-state index contributed by atoms with van der Waals surface area (Å²) in [4.78, 5) is 32.6. The van der Waals surface area contributed by atoms with Crippen molar-refractivity contribution in [2.75, 3.05) is 20.6 Å². The number of piperidine rings is 1. The molecule has 244 valence electrons. The van der Waals surface area contributed by atoms with E-state index in [1.807, 2.05) is 25.9 Å². The first-order chi connectivity index (χ1) is 20.7. The number of aryl methyl sites for hydroxylation is 1. The van der Waals surface area contributed by atoms with Crippen LogP contribution < -0.4 is 30.8 Å². The fourth-order valence-corrected chi connectivity index (χ4v) is 8.00. The number of aromatic nitrogens is 5. The molecule has 0 bridgehead atoms. The molecule has 3 aromatic rings. The van der Waals surface area contributed by atoms with Gasteiger partial charge in [0.05, 0.1) is 0 Å². The summed E-state index contributed by atoms with van der Waals surface area (Å²) in [6.45, 7) is 2.37. The molecule has 1 saturated heterocycles. The molecule has 3 aromatic heterocycles. The predicted octanol–water partition coefficient (Wildman–Crippen LogP) is 1.17. The van der Waals surface area contributed by atoms with Crippen molar-refractivity contribution < 1.29 is 47.1 Å². The molecule has 16 heteroatoms. The molecule has 1 aliphatic carbocycles. The number of halogens is 6. The van der Waals surface area contributed by atoms with Crippen molar-refractivity contribution >= 4 is 17.5 Å². The number of imidazole rings is 1. The van der Waals surface area contributed by atoms with Crippen molar-refractivity contribution in [1.82, 2.24) is 39.9 Å². The van der Waals surface area contributed by atoms with Gasteiger partial charge in [-0.1, -0.05) is 0 Å². The van der Waals surface area contributed by atoms with Crippen molar-refractivity contribution in [2.45, 2.75) is 74.4 Å². The van der Waals surface area contributed by atoms with Crippen LogP contribution in [0.5, 0.6) is 0 Å². The normalized spacial score (nSPS) is 22.2. The molecule has 5 rings (SSSR count). The van der Waals surface area contributed by atoms with Gasteiger partial charge in [-0.3, -0.25) is 9.48 Å². The molecule has 1 aliphatic heterocycles. The van der Waals surface area contributed by atoms with Crippen molar-refractivity contribution in [3.8, 4) is 0 Å². The number of hydrogen-bond acceptors (Lipinski definition) is 6. The third-order valence-electron chi connectivity index (χ3n) is 8.41. The van der Waals surface area contributed by atoms with Crippen molar-refractivity contribution in [2.24, 2.45) is 11.8 Å². The van der Waals surface area contributed by atoms with Crippen LogP contribution in [0.2, 0.25) is 0 Å². The van der Waals surface area contributed by atoms with E-state index in [4.69, 9.17) is 10.1 Å². The SMILES string of the molecule is CCn1nccc1C(=O)N[C@H](c1cn2nc(C[C@H]3CC([I-](F)(F)F)CNC3=O)c(CN(C)C)cc2n1)C1CCC(F)(F)CC1. The number of nitrogens with zero attached hydrogens (tertiary/aromatic N) is 6. The third-order valence-corrected chi connectivity index (χ3v) is 11.4. The Balaban J connectivity index is 1.49. The molecule has 10 nitrogen and oxygen atoms in total. The molecule has 44 heavy (non-hydrogen) atoms. The Morgan fingerprint density at radius 3 is 2.64 bits per heavy atom. The van der Waals surface area contributed by atoms with Crippen LogP contribution in [0.15, 0.2) is 24.5 Å². The van der Waals surface area contributed by atoms with Gasteiger partial charge in [-0.15, -0.1) is 0 Å². The van der Waals surface area contributed by atoms with Gasteiger partial charge in [-0.2, -0.15) is 5.10 Å². The maximum atomic E-state index is 14.1. The molecule has 2 aliphatic rings. The number of amides is 2. The molecule has 4 heterocycles. The van der Waals surface area contributed by atoms with Crippen LogP contribution >= 0.6 is 0 Å². The van der Waals surface area contributed by atoms with Crippen LogP contribution in [0.4, 0.5) is 17.4 Å². The quantitative estimate of drug-likeness (QED) is 0.184. The summed E-state index contributed by atoms with van der Waals surface area (Å²) in [5.41, 5.74) is 2.41. The number of carbonyl (C=O) groups is 2. The summed E-state index contributed by atoms with van der Waals surface area (Å²) in [5, 5.41) is 14.3. The molecule has 2 fully saturated rings. The van der Waals surface area contributed by atoms with Gasteiger partial charge in [0.15, 0.2) is 0 Å². The third kappa shape index (κ3) is 7.32. The molecule has 2 amide bonds. The molecule has 0 aromatic carbocycles. The number of fused-ring (bicyclic) bond motifs is 1. The molecule has 2 N–H and O–H groups in total. The first-order valence-corrected chi connectivity index (χ1v) is 18.3. The van der Waals surface area contributed by atoms with E-state index in [-0.39, 0.29) is 51.0 Å². The second-order valence-corrected chi connectivity index (χ2v) is 16.0. The molecular formula is C28H37F5IN8O2-. The molecule has 3 atom stereocenters. The number of rotatable bonds is 10. The van der Waals surface area contributed by atoms with Gasteiger partial charge in [0.1, 0.15) is 5.69 Å². The summed E-state index contributed by atoms with van der Waals surface area (Å²) in [6.07, 6.45) is 2.69. The zero-order valence-corrected chi connectivity index (χ0v) is 26.9. The fraction of sp³-hybridized carbons (Fsp3) is 0.607. The van der Waals surface area contributed by atoms with E-state index in [0.29, 0.717) is 41.4 Å². The second-order valence-electron chi connectivity index (χ2n) is 11.9.